The van der Waals surface area contributed by atoms with Crippen molar-refractivity contribution in [2.75, 3.05) is 14.2 Å². The molecule has 0 fully saturated rings. The number of hydrogen-bond acceptors (Lipinski definition) is 4. The van der Waals surface area contributed by atoms with E-state index in [1.165, 1.54) is 29.4 Å². The summed E-state index contributed by atoms with van der Waals surface area (Å²) in [5.41, 5.74) is 6.62. The number of amides is 1. The summed E-state index contributed by atoms with van der Waals surface area (Å²) in [4.78, 5) is 14.5. The molecule has 0 aliphatic rings. The van der Waals surface area contributed by atoms with Gasteiger partial charge in [-0.3, -0.25) is 4.79 Å². The van der Waals surface area contributed by atoms with Gasteiger partial charge in [0.2, 0.25) is 5.91 Å². The van der Waals surface area contributed by atoms with Crippen molar-refractivity contribution < 1.29 is 13.9 Å². The van der Waals surface area contributed by atoms with Crippen molar-refractivity contribution in [2.45, 2.75) is 12.6 Å². The number of hydrogen-bond donors (Lipinski definition) is 1. The lowest BCUT2D eigenvalue weighted by molar-refractivity contribution is -0.131. The number of benzene rings is 1. The van der Waals surface area contributed by atoms with Gasteiger partial charge in [-0.25, -0.2) is 4.39 Å². The van der Waals surface area contributed by atoms with Crippen molar-refractivity contribution >= 4 is 17.2 Å². The van der Waals surface area contributed by atoms with Gasteiger partial charge in [-0.1, -0.05) is 12.1 Å². The quantitative estimate of drug-likeness (QED) is 0.923. The number of nitrogens with zero attached hydrogens (tertiary/aromatic N) is 1. The maximum Gasteiger partial charge on any atom is 0.244 e. The second kappa shape index (κ2) is 6.69. The van der Waals surface area contributed by atoms with Crippen LogP contribution in [-0.4, -0.2) is 25.0 Å². The number of likely N-dealkylation sites (N-methyl/N-ethyl adjacent to an activating group) is 1. The number of carbonyl (C=O) groups excluding carboxylic acids is 1. The fourth-order valence-electron chi connectivity index (χ4n) is 1.99. The van der Waals surface area contributed by atoms with E-state index in [4.69, 9.17) is 10.5 Å². The molecule has 1 unspecified atom stereocenters. The smallest absolute Gasteiger partial charge is 0.244 e. The molecule has 0 aliphatic heterocycles. The Morgan fingerprint density at radius 2 is 2.24 bits per heavy atom. The molecule has 0 bridgehead atoms. The number of rotatable bonds is 5. The van der Waals surface area contributed by atoms with Crippen LogP contribution in [0.4, 0.5) is 4.39 Å². The van der Waals surface area contributed by atoms with Crippen molar-refractivity contribution in [2.24, 2.45) is 5.73 Å². The van der Waals surface area contributed by atoms with Crippen molar-refractivity contribution in [1.82, 2.24) is 4.90 Å². The molecule has 1 aromatic carbocycles. The van der Waals surface area contributed by atoms with E-state index in [0.29, 0.717) is 12.1 Å². The molecule has 0 saturated heterocycles. The van der Waals surface area contributed by atoms with Gasteiger partial charge in [0, 0.05) is 18.5 Å². The van der Waals surface area contributed by atoms with E-state index in [0.717, 1.165) is 4.88 Å². The number of methoxy groups -OCH3 is 1. The van der Waals surface area contributed by atoms with E-state index in [1.807, 2.05) is 17.5 Å². The van der Waals surface area contributed by atoms with Gasteiger partial charge in [0.25, 0.3) is 0 Å². The zero-order chi connectivity index (χ0) is 15.4. The van der Waals surface area contributed by atoms with Crippen LogP contribution in [0.3, 0.4) is 0 Å². The van der Waals surface area contributed by atoms with E-state index in [2.05, 4.69) is 0 Å². The highest BCUT2D eigenvalue weighted by atomic mass is 32.1. The van der Waals surface area contributed by atoms with E-state index >= 15 is 0 Å². The van der Waals surface area contributed by atoms with Gasteiger partial charge in [-0.2, -0.15) is 0 Å². The molecule has 0 radical (unpaired) electrons. The lowest BCUT2D eigenvalue weighted by atomic mass is 10.1. The number of ether oxygens (including phenoxy) is 1. The van der Waals surface area contributed by atoms with Crippen LogP contribution >= 0.6 is 11.3 Å². The predicted molar refractivity (Wildman–Crippen MR) is 80.7 cm³/mol. The first-order valence-corrected chi connectivity index (χ1v) is 7.27. The molecule has 2 N–H and O–H groups in total. The van der Waals surface area contributed by atoms with Crippen LogP contribution in [0.5, 0.6) is 5.75 Å². The van der Waals surface area contributed by atoms with Crippen LogP contribution in [-0.2, 0) is 11.3 Å². The third kappa shape index (κ3) is 3.59. The summed E-state index contributed by atoms with van der Waals surface area (Å²) in [5.74, 6) is -0.463. The molecular formula is C15H17FN2O2S. The van der Waals surface area contributed by atoms with Crippen molar-refractivity contribution in [3.8, 4) is 5.75 Å². The molecule has 1 amide bonds. The van der Waals surface area contributed by atoms with Crippen molar-refractivity contribution in [1.29, 1.82) is 0 Å². The summed E-state index contributed by atoms with van der Waals surface area (Å²) in [6, 6.07) is 7.63. The lowest BCUT2D eigenvalue weighted by Crippen LogP contribution is -2.35. The molecular weight excluding hydrogens is 291 g/mol. The van der Waals surface area contributed by atoms with Crippen LogP contribution in [0.1, 0.15) is 16.5 Å². The Morgan fingerprint density at radius 3 is 2.81 bits per heavy atom. The Labute approximate surface area is 126 Å². The predicted octanol–water partition coefficient (Wildman–Crippen LogP) is 2.55. The Morgan fingerprint density at radius 1 is 1.48 bits per heavy atom. The number of thiophene rings is 1. The van der Waals surface area contributed by atoms with Gasteiger partial charge in [-0.15, -0.1) is 11.3 Å². The topological polar surface area (TPSA) is 55.6 Å². The third-order valence-electron chi connectivity index (χ3n) is 3.13. The zero-order valence-electron chi connectivity index (χ0n) is 11.9. The first-order chi connectivity index (χ1) is 10.0. The number of halogens is 1. The van der Waals surface area contributed by atoms with Crippen LogP contribution in [0.2, 0.25) is 0 Å². The normalized spacial score (nSPS) is 12.0. The standard InChI is InChI=1S/C15H17FN2O2S/c1-18(15(19)14(17)13-4-3-7-21-13)9-10-5-6-12(20-2)11(16)8-10/h3-8,14H,9,17H2,1-2H3. The SMILES string of the molecule is COc1ccc(CN(C)C(=O)C(N)c2cccs2)cc1F. The summed E-state index contributed by atoms with van der Waals surface area (Å²) in [6.07, 6.45) is 0. The maximum atomic E-state index is 13.6. The fraction of sp³-hybridized carbons (Fsp3) is 0.267. The Bertz CT molecular complexity index is 616. The van der Waals surface area contributed by atoms with Gasteiger partial charge >= 0.3 is 0 Å². The molecule has 21 heavy (non-hydrogen) atoms. The summed E-state index contributed by atoms with van der Waals surface area (Å²) < 4.78 is 18.5. The maximum absolute atomic E-state index is 13.6. The van der Waals surface area contributed by atoms with Crippen LogP contribution in [0, 0.1) is 5.82 Å². The molecule has 1 atom stereocenters. The van der Waals surface area contributed by atoms with E-state index in [1.54, 1.807) is 19.2 Å². The summed E-state index contributed by atoms with van der Waals surface area (Å²) in [7, 11) is 3.06. The summed E-state index contributed by atoms with van der Waals surface area (Å²) in [5, 5.41) is 1.88. The lowest BCUT2D eigenvalue weighted by Gasteiger charge is -2.21. The zero-order valence-corrected chi connectivity index (χ0v) is 12.7. The Kier molecular flexibility index (Phi) is 4.93. The van der Waals surface area contributed by atoms with E-state index < -0.39 is 11.9 Å². The monoisotopic (exact) mass is 308 g/mol. The van der Waals surface area contributed by atoms with E-state index in [-0.39, 0.29) is 11.7 Å². The first kappa shape index (κ1) is 15.5. The molecule has 0 spiro atoms. The Balaban J connectivity index is 2.05. The Hall–Kier alpha value is -1.92. The fourth-order valence-corrected chi connectivity index (χ4v) is 2.71. The minimum atomic E-state index is -0.682. The highest BCUT2D eigenvalue weighted by Gasteiger charge is 2.21. The van der Waals surface area contributed by atoms with Crippen molar-refractivity contribution in [3.63, 3.8) is 0 Å². The second-order valence-corrected chi connectivity index (χ2v) is 5.64. The average molecular weight is 308 g/mol. The molecule has 112 valence electrons. The number of carbonyl (C=O) groups is 1. The summed E-state index contributed by atoms with van der Waals surface area (Å²) >= 11 is 1.44. The molecule has 1 heterocycles. The van der Waals surface area contributed by atoms with Crippen LogP contribution in [0.15, 0.2) is 35.7 Å². The highest BCUT2D eigenvalue weighted by Crippen LogP contribution is 2.21. The van der Waals surface area contributed by atoms with Crippen LogP contribution < -0.4 is 10.5 Å². The third-order valence-corrected chi connectivity index (χ3v) is 4.08. The summed E-state index contributed by atoms with van der Waals surface area (Å²) in [6.45, 7) is 0.290. The van der Waals surface area contributed by atoms with Gasteiger partial charge in [-0.05, 0) is 29.1 Å². The highest BCUT2D eigenvalue weighted by molar-refractivity contribution is 7.10. The van der Waals surface area contributed by atoms with Crippen molar-refractivity contribution in [3.05, 3.63) is 52.0 Å². The van der Waals surface area contributed by atoms with Crippen LogP contribution in [0.25, 0.3) is 0 Å². The van der Waals surface area contributed by atoms with Gasteiger partial charge in [0.1, 0.15) is 6.04 Å². The minimum Gasteiger partial charge on any atom is -0.494 e. The molecule has 0 aliphatic carbocycles. The second-order valence-electron chi connectivity index (χ2n) is 4.66. The van der Waals surface area contributed by atoms with Gasteiger partial charge < -0.3 is 15.4 Å². The number of nitrogens with two attached hydrogens (primary N) is 1. The largest absolute Gasteiger partial charge is 0.494 e. The minimum absolute atomic E-state index is 0.183. The molecule has 1 aromatic heterocycles. The molecule has 0 saturated carbocycles. The molecule has 2 rings (SSSR count). The first-order valence-electron chi connectivity index (χ1n) is 6.39. The van der Waals surface area contributed by atoms with E-state index in [9.17, 15) is 9.18 Å². The van der Waals surface area contributed by atoms with Gasteiger partial charge in [0.15, 0.2) is 11.6 Å². The molecule has 6 heteroatoms. The molecule has 2 aromatic rings. The average Bonchev–Trinajstić information content (AvgIpc) is 3.00. The molecule has 4 nitrogen and oxygen atoms in total. The van der Waals surface area contributed by atoms with Gasteiger partial charge in [0.05, 0.1) is 7.11 Å².